The summed E-state index contributed by atoms with van der Waals surface area (Å²) >= 11 is 1.30. The van der Waals surface area contributed by atoms with Gasteiger partial charge in [-0.3, -0.25) is 9.59 Å². The number of benzene rings is 1. The Labute approximate surface area is 192 Å². The van der Waals surface area contributed by atoms with Gasteiger partial charge in [-0.1, -0.05) is 0 Å². The molecule has 0 aliphatic carbocycles. The number of rotatable bonds is 2. The van der Waals surface area contributed by atoms with Crippen molar-refractivity contribution in [3.63, 3.8) is 0 Å². The third-order valence-electron chi connectivity index (χ3n) is 6.79. The Morgan fingerprint density at radius 2 is 1.91 bits per heavy atom. The van der Waals surface area contributed by atoms with E-state index in [0.717, 1.165) is 10.8 Å². The number of carbonyl (C=O) groups is 2. The topological polar surface area (TPSA) is 75.6 Å². The number of fused-ring (bicyclic) bond motifs is 2. The van der Waals surface area contributed by atoms with Gasteiger partial charge in [-0.05, 0) is 42.7 Å². The van der Waals surface area contributed by atoms with Gasteiger partial charge in [0.1, 0.15) is 17.9 Å². The van der Waals surface area contributed by atoms with Gasteiger partial charge in [0.25, 0.3) is 11.8 Å². The Balaban J connectivity index is 1.18. The monoisotopic (exact) mass is 470 g/mol. The van der Waals surface area contributed by atoms with Gasteiger partial charge in [-0.2, -0.15) is 0 Å². The quantitative estimate of drug-likeness (QED) is 0.571. The van der Waals surface area contributed by atoms with E-state index in [1.54, 1.807) is 22.1 Å². The normalized spacial score (nSPS) is 24.1. The minimum atomic E-state index is -0.999. The van der Waals surface area contributed by atoms with Gasteiger partial charge in [-0.25, -0.2) is 18.7 Å². The largest absolute Gasteiger partial charge is 0.342 e. The van der Waals surface area contributed by atoms with E-state index < -0.39 is 29.5 Å². The average molecular weight is 471 g/mol. The molecule has 1 aromatic carbocycles. The van der Waals surface area contributed by atoms with E-state index >= 15 is 0 Å². The summed E-state index contributed by atoms with van der Waals surface area (Å²) in [5, 5.41) is 0.382. The third kappa shape index (κ3) is 3.31. The zero-order valence-corrected chi connectivity index (χ0v) is 18.4. The Hall–Kier alpha value is -2.98. The number of hydrogen-bond acceptors (Lipinski definition) is 6. The molecule has 7 nitrogen and oxygen atoms in total. The maximum Gasteiger partial charge on any atom is 0.282 e. The van der Waals surface area contributed by atoms with Crippen LogP contribution in [0.4, 0.5) is 8.78 Å². The first kappa shape index (κ1) is 20.6. The molecule has 3 fully saturated rings. The number of thiazole rings is 1. The molecule has 2 atom stereocenters. The van der Waals surface area contributed by atoms with Crippen LogP contribution in [0, 0.1) is 11.6 Å². The number of hydrogen-bond donors (Lipinski definition) is 0. The number of ether oxygens (including phenoxy) is 1. The molecule has 170 valence electrons. The van der Waals surface area contributed by atoms with E-state index in [1.165, 1.54) is 23.5 Å². The van der Waals surface area contributed by atoms with Crippen molar-refractivity contribution in [2.45, 2.75) is 43.6 Å². The zero-order valence-electron chi connectivity index (χ0n) is 17.5. The highest BCUT2D eigenvalue weighted by Gasteiger charge is 2.58. The Morgan fingerprint density at radius 3 is 2.64 bits per heavy atom. The fourth-order valence-corrected chi connectivity index (χ4v) is 6.10. The summed E-state index contributed by atoms with van der Waals surface area (Å²) in [6, 6.07) is 6.65. The molecule has 1 spiro atoms. The van der Waals surface area contributed by atoms with Crippen molar-refractivity contribution >= 4 is 33.5 Å². The molecule has 2 amide bonds. The molecule has 0 bridgehead atoms. The summed E-state index contributed by atoms with van der Waals surface area (Å²) in [5.41, 5.74) is -0.00337. The van der Waals surface area contributed by atoms with E-state index in [9.17, 15) is 18.4 Å². The summed E-state index contributed by atoms with van der Waals surface area (Å²) in [4.78, 5) is 38.3. The van der Waals surface area contributed by atoms with E-state index in [0.29, 0.717) is 55.0 Å². The zero-order chi connectivity index (χ0) is 22.7. The molecule has 5 heterocycles. The van der Waals surface area contributed by atoms with Crippen LogP contribution in [0.1, 0.15) is 47.1 Å². The van der Waals surface area contributed by atoms with Crippen molar-refractivity contribution in [1.29, 1.82) is 0 Å². The van der Waals surface area contributed by atoms with Crippen LogP contribution in [0.3, 0.4) is 0 Å². The lowest BCUT2D eigenvalue weighted by Crippen LogP contribution is -2.51. The predicted octanol–water partition coefficient (Wildman–Crippen LogP) is 3.66. The van der Waals surface area contributed by atoms with Gasteiger partial charge in [0.2, 0.25) is 0 Å². The van der Waals surface area contributed by atoms with Gasteiger partial charge in [0.15, 0.2) is 16.3 Å². The molecule has 3 aromatic rings. The number of nitrogens with zero attached hydrogens (tertiary/aromatic N) is 4. The molecule has 3 aliphatic rings. The standard InChI is InChI=1S/C23H20F2N4O3S/c24-14-10-13(11-15(25)12-14)16-3-4-18-29(16)22(31)23(32-18)5-8-28(9-6-23)21(30)20-27-19-17(33-20)2-1-7-26-19/h1-2,7,10-12,16,18H,3-6,8-9H2. The highest BCUT2D eigenvalue weighted by atomic mass is 32.1. The minimum absolute atomic E-state index is 0.157. The second-order valence-corrected chi connectivity index (χ2v) is 9.74. The van der Waals surface area contributed by atoms with Gasteiger partial charge in [-0.15, -0.1) is 11.3 Å². The van der Waals surface area contributed by atoms with Gasteiger partial charge >= 0.3 is 0 Å². The van der Waals surface area contributed by atoms with Crippen LogP contribution >= 0.6 is 11.3 Å². The van der Waals surface area contributed by atoms with E-state index in [4.69, 9.17) is 4.74 Å². The van der Waals surface area contributed by atoms with Crippen molar-refractivity contribution < 1.29 is 23.1 Å². The first-order valence-corrected chi connectivity index (χ1v) is 11.7. The maximum atomic E-state index is 13.8. The van der Waals surface area contributed by atoms with Crippen molar-refractivity contribution in [2.24, 2.45) is 0 Å². The SMILES string of the molecule is O=C(c1nc2ncccc2s1)N1CCC2(CC1)OC1CCC(c3cc(F)cc(F)c3)N1C2=O. The van der Waals surface area contributed by atoms with Crippen molar-refractivity contribution in [3.8, 4) is 0 Å². The first-order valence-electron chi connectivity index (χ1n) is 10.9. The molecular weight excluding hydrogens is 450 g/mol. The second kappa shape index (κ2) is 7.53. The molecule has 0 radical (unpaired) electrons. The van der Waals surface area contributed by atoms with Crippen LogP contribution in [0.25, 0.3) is 10.3 Å². The van der Waals surface area contributed by atoms with E-state index in [2.05, 4.69) is 9.97 Å². The summed E-state index contributed by atoms with van der Waals surface area (Å²) in [6.07, 6.45) is 3.17. The average Bonchev–Trinajstić information content (AvgIpc) is 3.48. The maximum absolute atomic E-state index is 13.8. The highest BCUT2D eigenvalue weighted by Crippen LogP contribution is 2.47. The Kier molecular flexibility index (Phi) is 4.70. The van der Waals surface area contributed by atoms with Gasteiger partial charge in [0, 0.05) is 38.2 Å². The molecule has 2 aromatic heterocycles. The van der Waals surface area contributed by atoms with Crippen LogP contribution in [0.5, 0.6) is 0 Å². The number of amides is 2. The molecule has 3 saturated heterocycles. The summed E-state index contributed by atoms with van der Waals surface area (Å²) in [6.45, 7) is 0.738. The summed E-state index contributed by atoms with van der Waals surface area (Å²) in [5.74, 6) is -1.65. The molecule has 2 unspecified atom stereocenters. The van der Waals surface area contributed by atoms with Crippen LogP contribution in [-0.2, 0) is 9.53 Å². The third-order valence-corrected chi connectivity index (χ3v) is 7.79. The molecule has 6 rings (SSSR count). The molecule has 10 heteroatoms. The summed E-state index contributed by atoms with van der Waals surface area (Å²) < 4.78 is 34.7. The number of piperidine rings is 1. The Morgan fingerprint density at radius 1 is 1.15 bits per heavy atom. The molecule has 33 heavy (non-hydrogen) atoms. The lowest BCUT2D eigenvalue weighted by Gasteiger charge is -2.37. The lowest BCUT2D eigenvalue weighted by atomic mass is 9.89. The predicted molar refractivity (Wildman–Crippen MR) is 115 cm³/mol. The van der Waals surface area contributed by atoms with E-state index in [1.807, 2.05) is 6.07 Å². The fraction of sp³-hybridized carbons (Fsp3) is 0.391. The fourth-order valence-electron chi connectivity index (χ4n) is 5.21. The van der Waals surface area contributed by atoms with Gasteiger partial charge < -0.3 is 14.5 Å². The van der Waals surface area contributed by atoms with Crippen molar-refractivity contribution in [1.82, 2.24) is 19.8 Å². The van der Waals surface area contributed by atoms with Crippen molar-refractivity contribution in [3.05, 3.63) is 58.7 Å². The Bertz CT molecular complexity index is 1220. The van der Waals surface area contributed by atoms with Crippen LogP contribution in [0.15, 0.2) is 36.5 Å². The second-order valence-electron chi connectivity index (χ2n) is 8.71. The first-order chi connectivity index (χ1) is 15.9. The van der Waals surface area contributed by atoms with Crippen LogP contribution in [-0.4, -0.2) is 56.5 Å². The minimum Gasteiger partial charge on any atom is -0.342 e. The molecule has 3 aliphatic heterocycles. The van der Waals surface area contributed by atoms with Crippen LogP contribution < -0.4 is 0 Å². The molecular formula is C23H20F2N4O3S. The number of pyridine rings is 1. The van der Waals surface area contributed by atoms with E-state index in [-0.39, 0.29) is 11.8 Å². The number of carbonyl (C=O) groups excluding carboxylic acids is 2. The van der Waals surface area contributed by atoms with Crippen molar-refractivity contribution in [2.75, 3.05) is 13.1 Å². The smallest absolute Gasteiger partial charge is 0.282 e. The lowest BCUT2D eigenvalue weighted by molar-refractivity contribution is -0.142. The van der Waals surface area contributed by atoms with Crippen LogP contribution in [0.2, 0.25) is 0 Å². The highest BCUT2D eigenvalue weighted by molar-refractivity contribution is 7.20. The molecule has 0 N–H and O–H groups in total. The number of halogens is 2. The van der Waals surface area contributed by atoms with Gasteiger partial charge in [0.05, 0.1) is 10.7 Å². The number of likely N-dealkylation sites (tertiary alicyclic amines) is 1. The molecule has 0 saturated carbocycles. The summed E-state index contributed by atoms with van der Waals surface area (Å²) in [7, 11) is 0. The number of aromatic nitrogens is 2.